The fraction of sp³-hybridized carbons (Fsp3) is 0.0667. The van der Waals surface area contributed by atoms with Gasteiger partial charge in [0.15, 0.2) is 0 Å². The van der Waals surface area contributed by atoms with E-state index in [0.29, 0.717) is 4.47 Å². The number of amides is 1. The summed E-state index contributed by atoms with van der Waals surface area (Å²) in [7, 11) is 1.24. The normalized spacial score (nSPS) is 10.0. The van der Waals surface area contributed by atoms with Crippen molar-refractivity contribution in [3.8, 4) is 0 Å². The van der Waals surface area contributed by atoms with E-state index in [2.05, 4.69) is 26.0 Å². The first-order valence-corrected chi connectivity index (χ1v) is 7.15. The summed E-state index contributed by atoms with van der Waals surface area (Å²) in [5, 5.41) is 13.2. The maximum atomic E-state index is 12.2. The Hall–Kier alpha value is -2.74. The predicted octanol–water partition coefficient (Wildman–Crippen LogP) is 3.40. The molecule has 2 aromatic rings. The highest BCUT2D eigenvalue weighted by atomic mass is 79.9. The van der Waals surface area contributed by atoms with E-state index in [1.165, 1.54) is 37.4 Å². The zero-order chi connectivity index (χ0) is 17.0. The molecule has 1 N–H and O–H groups in total. The minimum absolute atomic E-state index is 0.111. The lowest BCUT2D eigenvalue weighted by Gasteiger charge is -2.10. The maximum Gasteiger partial charge on any atom is 0.340 e. The highest BCUT2D eigenvalue weighted by molar-refractivity contribution is 9.10. The Kier molecular flexibility index (Phi) is 5.07. The Morgan fingerprint density at radius 2 is 1.83 bits per heavy atom. The number of nitrogens with zero attached hydrogens (tertiary/aromatic N) is 1. The van der Waals surface area contributed by atoms with Crippen molar-refractivity contribution in [3.63, 3.8) is 0 Å². The predicted molar refractivity (Wildman–Crippen MR) is 86.5 cm³/mol. The van der Waals surface area contributed by atoms with E-state index in [0.717, 1.165) is 0 Å². The van der Waals surface area contributed by atoms with Gasteiger partial charge in [0.2, 0.25) is 0 Å². The number of rotatable bonds is 4. The average molecular weight is 379 g/mol. The Morgan fingerprint density at radius 1 is 1.17 bits per heavy atom. The number of hydrogen-bond acceptors (Lipinski definition) is 5. The standard InChI is InChI=1S/C15H11BrN2O5/c1-23-15(20)12-8-10(16)4-7-13(12)17-14(19)9-2-5-11(6-3-9)18(21)22/h2-8H,1H3,(H,17,19). The number of non-ortho nitro benzene ring substituents is 1. The number of ether oxygens (including phenoxy) is 1. The van der Waals surface area contributed by atoms with Gasteiger partial charge in [0.05, 0.1) is 23.3 Å². The summed E-state index contributed by atoms with van der Waals surface area (Å²) in [5.74, 6) is -1.09. The van der Waals surface area contributed by atoms with Gasteiger partial charge in [-0.25, -0.2) is 4.79 Å². The van der Waals surface area contributed by atoms with E-state index in [9.17, 15) is 19.7 Å². The Morgan fingerprint density at radius 3 is 2.39 bits per heavy atom. The maximum absolute atomic E-state index is 12.2. The first-order valence-electron chi connectivity index (χ1n) is 6.36. The third-order valence-electron chi connectivity index (χ3n) is 2.98. The van der Waals surface area contributed by atoms with Crippen molar-refractivity contribution in [1.82, 2.24) is 0 Å². The molecule has 1 amide bonds. The van der Waals surface area contributed by atoms with E-state index in [1.807, 2.05) is 0 Å². The molecule has 118 valence electrons. The van der Waals surface area contributed by atoms with Gasteiger partial charge in [-0.2, -0.15) is 0 Å². The van der Waals surface area contributed by atoms with Crippen LogP contribution in [-0.2, 0) is 4.74 Å². The number of carbonyl (C=O) groups is 2. The lowest BCUT2D eigenvalue weighted by Crippen LogP contribution is -2.15. The summed E-state index contributed by atoms with van der Waals surface area (Å²) in [4.78, 5) is 34.0. The van der Waals surface area contributed by atoms with Crippen molar-refractivity contribution >= 4 is 39.2 Å². The van der Waals surface area contributed by atoms with Crippen LogP contribution in [0.4, 0.5) is 11.4 Å². The number of esters is 1. The number of anilines is 1. The second-order valence-electron chi connectivity index (χ2n) is 4.44. The van der Waals surface area contributed by atoms with Gasteiger partial charge >= 0.3 is 5.97 Å². The van der Waals surface area contributed by atoms with Crippen LogP contribution in [0.25, 0.3) is 0 Å². The molecule has 0 aromatic heterocycles. The molecule has 0 aliphatic rings. The molecular weight excluding hydrogens is 368 g/mol. The van der Waals surface area contributed by atoms with Crippen LogP contribution in [0, 0.1) is 10.1 Å². The van der Waals surface area contributed by atoms with Crippen molar-refractivity contribution in [2.45, 2.75) is 0 Å². The number of carbonyl (C=O) groups excluding carboxylic acids is 2. The van der Waals surface area contributed by atoms with Gasteiger partial charge in [-0.05, 0) is 30.3 Å². The van der Waals surface area contributed by atoms with E-state index in [-0.39, 0.29) is 22.5 Å². The van der Waals surface area contributed by atoms with Crippen LogP contribution < -0.4 is 5.32 Å². The Bertz CT molecular complexity index is 774. The number of nitro benzene ring substituents is 1. The van der Waals surface area contributed by atoms with E-state index in [4.69, 9.17) is 0 Å². The van der Waals surface area contributed by atoms with Crippen molar-refractivity contribution in [2.75, 3.05) is 12.4 Å². The SMILES string of the molecule is COC(=O)c1cc(Br)ccc1NC(=O)c1ccc([N+](=O)[O-])cc1. The largest absolute Gasteiger partial charge is 0.465 e. The molecule has 8 heteroatoms. The van der Waals surface area contributed by atoms with E-state index in [1.54, 1.807) is 12.1 Å². The molecule has 0 saturated heterocycles. The summed E-state index contributed by atoms with van der Waals surface area (Å²) in [6.45, 7) is 0. The number of nitro groups is 1. The van der Waals surface area contributed by atoms with Gasteiger partial charge in [-0.1, -0.05) is 15.9 Å². The number of nitrogens with one attached hydrogen (secondary N) is 1. The van der Waals surface area contributed by atoms with Crippen molar-refractivity contribution in [3.05, 3.63) is 68.2 Å². The second-order valence-corrected chi connectivity index (χ2v) is 5.36. The lowest BCUT2D eigenvalue weighted by molar-refractivity contribution is -0.384. The van der Waals surface area contributed by atoms with Gasteiger partial charge in [-0.3, -0.25) is 14.9 Å². The van der Waals surface area contributed by atoms with Crippen LogP contribution >= 0.6 is 15.9 Å². The Balaban J connectivity index is 2.26. The van der Waals surface area contributed by atoms with Crippen molar-refractivity contribution in [1.29, 1.82) is 0 Å². The summed E-state index contributed by atoms with van der Waals surface area (Å²) in [6.07, 6.45) is 0. The van der Waals surface area contributed by atoms with Crippen molar-refractivity contribution < 1.29 is 19.2 Å². The highest BCUT2D eigenvalue weighted by Crippen LogP contribution is 2.23. The average Bonchev–Trinajstić information content (AvgIpc) is 2.55. The topological polar surface area (TPSA) is 98.5 Å². The highest BCUT2D eigenvalue weighted by Gasteiger charge is 2.16. The van der Waals surface area contributed by atoms with Crippen LogP contribution in [-0.4, -0.2) is 23.9 Å². The molecule has 0 aliphatic carbocycles. The van der Waals surface area contributed by atoms with Crippen LogP contribution in [0.3, 0.4) is 0 Å². The van der Waals surface area contributed by atoms with Gasteiger partial charge in [0, 0.05) is 22.2 Å². The molecule has 0 spiro atoms. The molecule has 0 atom stereocenters. The van der Waals surface area contributed by atoms with Gasteiger partial charge in [0.25, 0.3) is 11.6 Å². The molecule has 2 aromatic carbocycles. The van der Waals surface area contributed by atoms with Crippen LogP contribution in [0.5, 0.6) is 0 Å². The molecule has 2 rings (SSSR count). The van der Waals surface area contributed by atoms with Gasteiger partial charge in [-0.15, -0.1) is 0 Å². The van der Waals surface area contributed by atoms with E-state index < -0.39 is 16.8 Å². The summed E-state index contributed by atoms with van der Waals surface area (Å²) >= 11 is 3.24. The third kappa shape index (κ3) is 3.92. The number of benzene rings is 2. The zero-order valence-electron chi connectivity index (χ0n) is 11.9. The quantitative estimate of drug-likeness (QED) is 0.499. The molecule has 0 bridgehead atoms. The molecular formula is C15H11BrN2O5. The molecule has 0 unspecified atom stereocenters. The summed E-state index contributed by atoms with van der Waals surface area (Å²) in [5.41, 5.74) is 0.593. The van der Waals surface area contributed by atoms with Gasteiger partial charge in [0.1, 0.15) is 0 Å². The van der Waals surface area contributed by atoms with Gasteiger partial charge < -0.3 is 10.1 Å². The van der Waals surface area contributed by atoms with Crippen LogP contribution in [0.2, 0.25) is 0 Å². The second kappa shape index (κ2) is 7.01. The molecule has 0 heterocycles. The lowest BCUT2D eigenvalue weighted by atomic mass is 10.1. The fourth-order valence-electron chi connectivity index (χ4n) is 1.83. The third-order valence-corrected chi connectivity index (χ3v) is 3.47. The number of methoxy groups -OCH3 is 1. The van der Waals surface area contributed by atoms with Crippen LogP contribution in [0.1, 0.15) is 20.7 Å². The molecule has 23 heavy (non-hydrogen) atoms. The first kappa shape index (κ1) is 16.6. The first-order chi connectivity index (χ1) is 10.9. The minimum atomic E-state index is -0.592. The molecule has 0 radical (unpaired) electrons. The minimum Gasteiger partial charge on any atom is -0.465 e. The number of hydrogen-bond donors (Lipinski definition) is 1. The monoisotopic (exact) mass is 378 g/mol. The Labute approximate surface area is 139 Å². The zero-order valence-corrected chi connectivity index (χ0v) is 13.5. The van der Waals surface area contributed by atoms with E-state index >= 15 is 0 Å². The molecule has 0 fully saturated rings. The fourth-order valence-corrected chi connectivity index (χ4v) is 2.19. The molecule has 0 aliphatic heterocycles. The molecule has 7 nitrogen and oxygen atoms in total. The number of halogens is 1. The molecule has 0 saturated carbocycles. The van der Waals surface area contributed by atoms with Crippen LogP contribution in [0.15, 0.2) is 46.9 Å². The summed E-state index contributed by atoms with van der Waals surface area (Å²) in [6, 6.07) is 9.89. The smallest absolute Gasteiger partial charge is 0.340 e. The summed E-state index contributed by atoms with van der Waals surface area (Å²) < 4.78 is 5.33. The van der Waals surface area contributed by atoms with Crippen molar-refractivity contribution in [2.24, 2.45) is 0 Å².